The van der Waals surface area contributed by atoms with Crippen molar-refractivity contribution in [3.05, 3.63) is 113 Å². The van der Waals surface area contributed by atoms with Gasteiger partial charge in [0.15, 0.2) is 0 Å². The average Bonchev–Trinajstić information content (AvgIpc) is 2.83. The highest BCUT2D eigenvalue weighted by atomic mass is 15.1. The van der Waals surface area contributed by atoms with Gasteiger partial charge in [-0.25, -0.2) is 0 Å². The van der Waals surface area contributed by atoms with Crippen LogP contribution in [0, 0.1) is 12.3 Å². The van der Waals surface area contributed by atoms with Gasteiger partial charge in [0.1, 0.15) is 0 Å². The molecule has 0 unspecified atom stereocenters. The van der Waals surface area contributed by atoms with Crippen LogP contribution in [-0.4, -0.2) is 30.9 Å². The summed E-state index contributed by atoms with van der Waals surface area (Å²) < 4.78 is 0. The summed E-state index contributed by atoms with van der Waals surface area (Å²) in [7, 11) is 3.87. The zero-order valence-electron chi connectivity index (χ0n) is 20.8. The molecule has 182 valence electrons. The number of rotatable bonds is 10. The zero-order chi connectivity index (χ0) is 26.0. The molecule has 7 heteroatoms. The molecule has 35 heavy (non-hydrogen) atoms. The first-order chi connectivity index (χ1) is 16.7. The Hall–Kier alpha value is -4.52. The number of aliphatic imine (C=N–C) groups is 1. The molecule has 2 aromatic carbocycles. The molecule has 0 aliphatic heterocycles. The van der Waals surface area contributed by atoms with Gasteiger partial charge in [-0.2, -0.15) is 0 Å². The van der Waals surface area contributed by atoms with Crippen LogP contribution in [0.4, 0.5) is 11.4 Å². The number of nitrogens with two attached hydrogens (primary N) is 3. The van der Waals surface area contributed by atoms with E-state index in [-0.39, 0.29) is 0 Å². The second-order valence-corrected chi connectivity index (χ2v) is 8.15. The van der Waals surface area contributed by atoms with Crippen LogP contribution < -0.4 is 22.5 Å². The number of likely N-dealkylation sites (N-methyl/N-ethyl adjacent to an activating group) is 1. The summed E-state index contributed by atoms with van der Waals surface area (Å²) in [4.78, 5) is 6.64. The predicted octanol–water partition coefficient (Wildman–Crippen LogP) is 4.74. The molecule has 0 amide bonds. The van der Waals surface area contributed by atoms with Crippen molar-refractivity contribution in [1.29, 1.82) is 5.41 Å². The number of anilines is 2. The van der Waals surface area contributed by atoms with Gasteiger partial charge in [0.05, 0.1) is 17.6 Å². The molecule has 0 aliphatic carbocycles. The van der Waals surface area contributed by atoms with Gasteiger partial charge >= 0.3 is 0 Å². The lowest BCUT2D eigenvalue weighted by molar-refractivity contribution is 0.521. The highest BCUT2D eigenvalue weighted by molar-refractivity contribution is 5.99. The summed E-state index contributed by atoms with van der Waals surface area (Å²) in [6, 6.07) is 11.6. The highest BCUT2D eigenvalue weighted by Crippen LogP contribution is 2.21. The normalized spacial score (nSPS) is 12.9. The van der Waals surface area contributed by atoms with Gasteiger partial charge in [0.2, 0.25) is 0 Å². The maximum atomic E-state index is 7.50. The van der Waals surface area contributed by atoms with Gasteiger partial charge in [0.25, 0.3) is 0 Å². The molecule has 0 atom stereocenters. The van der Waals surface area contributed by atoms with E-state index < -0.39 is 0 Å². The van der Waals surface area contributed by atoms with Gasteiger partial charge in [0, 0.05) is 49.2 Å². The maximum Gasteiger partial charge on any atom is 0.0780 e. The largest absolute Gasteiger partial charge is 0.405 e. The molecule has 2 rings (SSSR count). The third-order valence-corrected chi connectivity index (χ3v) is 5.33. The molecule has 0 fully saturated rings. The van der Waals surface area contributed by atoms with Crippen molar-refractivity contribution >= 4 is 29.4 Å². The molecule has 0 heterocycles. The number of aryl methyl sites for hydroxylation is 1. The molecule has 8 N–H and O–H groups in total. The molecule has 0 aromatic heterocycles. The van der Waals surface area contributed by atoms with Crippen molar-refractivity contribution in [2.45, 2.75) is 13.8 Å². The Balaban J connectivity index is 2.25. The number of allylic oxidation sites excluding steroid dienone is 3. The number of nitrogens with one attached hydrogen (secondary N) is 2. The van der Waals surface area contributed by atoms with Crippen molar-refractivity contribution < 1.29 is 0 Å². The Kier molecular flexibility index (Phi) is 9.66. The Morgan fingerprint density at radius 2 is 1.83 bits per heavy atom. The van der Waals surface area contributed by atoms with E-state index in [1.807, 2.05) is 56.3 Å². The smallest absolute Gasteiger partial charge is 0.0780 e. The fourth-order valence-corrected chi connectivity index (χ4v) is 3.26. The number of nitrogens with zero attached hydrogens (tertiary/aromatic N) is 2. The summed E-state index contributed by atoms with van der Waals surface area (Å²) in [5.41, 5.74) is 25.4. The Labute approximate surface area is 208 Å². The minimum atomic E-state index is 0.556. The van der Waals surface area contributed by atoms with E-state index in [2.05, 4.69) is 31.0 Å². The lowest BCUT2D eigenvalue weighted by atomic mass is 10.0. The molecule has 0 bridgehead atoms. The second-order valence-electron chi connectivity index (χ2n) is 8.15. The SMILES string of the molecule is C=C(Nc1ccc(N)c(C=N)c1)/C(=C\N=C(/C)c1ccc(/C=C/C(/C=C\N)=C/N)c(C)c1)N(C)C. The molecule has 0 radical (unpaired) electrons. The number of hydrogen-bond acceptors (Lipinski definition) is 7. The Morgan fingerprint density at radius 1 is 1.09 bits per heavy atom. The van der Waals surface area contributed by atoms with E-state index in [9.17, 15) is 0 Å². The van der Waals surface area contributed by atoms with Gasteiger partial charge in [-0.05, 0) is 72.7 Å². The fourth-order valence-electron chi connectivity index (χ4n) is 3.26. The first kappa shape index (κ1) is 26.7. The van der Waals surface area contributed by atoms with Crippen LogP contribution in [0.3, 0.4) is 0 Å². The van der Waals surface area contributed by atoms with Crippen LogP contribution >= 0.6 is 0 Å². The number of nitrogen functional groups attached to an aromatic ring is 1. The van der Waals surface area contributed by atoms with Crippen LogP contribution in [0.5, 0.6) is 0 Å². The van der Waals surface area contributed by atoms with E-state index >= 15 is 0 Å². The molecular formula is C28H35N7. The summed E-state index contributed by atoms with van der Waals surface area (Å²) >= 11 is 0. The lowest BCUT2D eigenvalue weighted by Gasteiger charge is -2.20. The molecule has 0 spiro atoms. The van der Waals surface area contributed by atoms with E-state index in [0.29, 0.717) is 16.9 Å². The molecule has 0 aliphatic rings. The molecule has 2 aromatic rings. The molecular weight excluding hydrogens is 434 g/mol. The Morgan fingerprint density at radius 3 is 2.43 bits per heavy atom. The van der Waals surface area contributed by atoms with Crippen LogP contribution in [0.15, 0.2) is 95.7 Å². The standard InChI is InChI=1S/C28H35N7/c1-19-14-24(9-8-23(19)7-6-22(16-30)12-13-29)20(2)33-18-28(35(4)5)21(3)34-26-10-11-27(32)25(15-26)17-31/h6-18,31,34H,3,29-30,32H2,1-2,4-5H3/b7-6+,13-12-,22-16-,28-18+,31-17?,33-20+. The summed E-state index contributed by atoms with van der Waals surface area (Å²) in [6.45, 7) is 8.20. The lowest BCUT2D eigenvalue weighted by Crippen LogP contribution is -2.16. The van der Waals surface area contributed by atoms with E-state index in [1.165, 1.54) is 18.6 Å². The monoisotopic (exact) mass is 469 g/mol. The van der Waals surface area contributed by atoms with Crippen LogP contribution in [0.1, 0.15) is 29.2 Å². The van der Waals surface area contributed by atoms with Crippen LogP contribution in [-0.2, 0) is 0 Å². The topological polar surface area (TPSA) is 130 Å². The number of benzene rings is 2. The third kappa shape index (κ3) is 7.50. The summed E-state index contributed by atoms with van der Waals surface area (Å²) in [5.74, 6) is 0. The zero-order valence-corrected chi connectivity index (χ0v) is 20.8. The third-order valence-electron chi connectivity index (χ3n) is 5.33. The van der Waals surface area contributed by atoms with E-state index in [0.717, 1.165) is 39.4 Å². The van der Waals surface area contributed by atoms with Crippen molar-refractivity contribution in [3.63, 3.8) is 0 Å². The quantitative estimate of drug-likeness (QED) is 0.195. The van der Waals surface area contributed by atoms with Gasteiger partial charge in [-0.1, -0.05) is 30.9 Å². The van der Waals surface area contributed by atoms with Crippen molar-refractivity contribution in [3.8, 4) is 0 Å². The first-order valence-electron chi connectivity index (χ1n) is 11.1. The van der Waals surface area contributed by atoms with E-state index in [4.69, 9.17) is 27.6 Å². The van der Waals surface area contributed by atoms with Crippen LogP contribution in [0.2, 0.25) is 0 Å². The van der Waals surface area contributed by atoms with Crippen molar-refractivity contribution in [2.75, 3.05) is 25.1 Å². The molecule has 0 saturated heterocycles. The van der Waals surface area contributed by atoms with Gasteiger partial charge in [-0.3, -0.25) is 4.99 Å². The molecule has 0 saturated carbocycles. The maximum absolute atomic E-state index is 7.50. The molecule has 7 nitrogen and oxygen atoms in total. The second kappa shape index (κ2) is 12.6. The highest BCUT2D eigenvalue weighted by Gasteiger charge is 2.08. The first-order valence-corrected chi connectivity index (χ1v) is 11.1. The minimum absolute atomic E-state index is 0.556. The summed E-state index contributed by atoms with van der Waals surface area (Å²) in [5, 5.41) is 10.8. The fraction of sp³-hybridized carbons (Fsp3) is 0.143. The average molecular weight is 470 g/mol. The van der Waals surface area contributed by atoms with E-state index in [1.54, 1.807) is 18.3 Å². The van der Waals surface area contributed by atoms with Crippen LogP contribution in [0.25, 0.3) is 6.08 Å². The number of hydrogen-bond donors (Lipinski definition) is 5. The minimum Gasteiger partial charge on any atom is -0.405 e. The van der Waals surface area contributed by atoms with Crippen molar-refractivity contribution in [2.24, 2.45) is 16.5 Å². The predicted molar refractivity (Wildman–Crippen MR) is 151 cm³/mol. The van der Waals surface area contributed by atoms with Gasteiger partial charge < -0.3 is 32.8 Å². The van der Waals surface area contributed by atoms with Gasteiger partial charge in [-0.15, -0.1) is 0 Å². The summed E-state index contributed by atoms with van der Waals surface area (Å²) in [6.07, 6.45) is 11.7. The Bertz CT molecular complexity index is 1230. The van der Waals surface area contributed by atoms with Crippen molar-refractivity contribution in [1.82, 2.24) is 4.90 Å².